The van der Waals surface area contributed by atoms with Gasteiger partial charge in [0.05, 0.1) is 6.54 Å². The average Bonchev–Trinajstić information content (AvgIpc) is 3.01. The Kier molecular flexibility index (Phi) is 4.80. The van der Waals surface area contributed by atoms with Crippen molar-refractivity contribution in [1.82, 2.24) is 19.2 Å². The minimum Gasteiger partial charge on any atom is -0.340 e. The lowest BCUT2D eigenvalue weighted by atomic mass is 10.1. The molecule has 0 aromatic carbocycles. The van der Waals surface area contributed by atoms with Gasteiger partial charge in [0.25, 0.3) is 11.5 Å². The number of aryl methyl sites for hydroxylation is 1. The van der Waals surface area contributed by atoms with Crippen LogP contribution < -0.4 is 5.56 Å². The predicted octanol–water partition coefficient (Wildman–Crippen LogP) is 1.22. The molecule has 0 fully saturated rings. The Hall–Kier alpha value is -2.37. The van der Waals surface area contributed by atoms with Gasteiger partial charge in [0.1, 0.15) is 5.56 Å². The highest BCUT2D eigenvalue weighted by molar-refractivity contribution is 5.93. The first-order valence-electron chi connectivity index (χ1n) is 7.38. The second-order valence-electron chi connectivity index (χ2n) is 5.40. The van der Waals surface area contributed by atoms with Crippen molar-refractivity contribution in [3.05, 3.63) is 51.7 Å². The van der Waals surface area contributed by atoms with Gasteiger partial charge in [-0.3, -0.25) is 14.3 Å². The molecule has 0 N–H and O–H groups in total. The number of hydrogen-bond donors (Lipinski definition) is 0. The maximum absolute atomic E-state index is 12.5. The number of hydrogen-bond acceptors (Lipinski definition) is 3. The molecule has 0 spiro atoms. The van der Waals surface area contributed by atoms with Crippen molar-refractivity contribution in [1.29, 1.82) is 0 Å². The molecule has 0 saturated carbocycles. The first kappa shape index (κ1) is 16.0. The van der Waals surface area contributed by atoms with Crippen LogP contribution in [0.3, 0.4) is 0 Å². The highest BCUT2D eigenvalue weighted by Gasteiger charge is 2.18. The molecule has 2 aromatic heterocycles. The molecule has 6 heteroatoms. The molecule has 0 aliphatic heterocycles. The maximum atomic E-state index is 12.5. The van der Waals surface area contributed by atoms with Crippen LogP contribution in [0.15, 0.2) is 29.3 Å². The zero-order chi connectivity index (χ0) is 16.3. The number of amides is 1. The lowest BCUT2D eigenvalue weighted by Gasteiger charge is -2.19. The zero-order valence-corrected chi connectivity index (χ0v) is 13.5. The van der Waals surface area contributed by atoms with Crippen molar-refractivity contribution >= 4 is 5.91 Å². The lowest BCUT2D eigenvalue weighted by Crippen LogP contribution is -2.36. The van der Waals surface area contributed by atoms with Gasteiger partial charge in [0.2, 0.25) is 0 Å². The lowest BCUT2D eigenvalue weighted by molar-refractivity contribution is 0.0786. The van der Waals surface area contributed by atoms with Gasteiger partial charge in [-0.2, -0.15) is 5.10 Å². The third-order valence-corrected chi connectivity index (χ3v) is 3.89. The number of pyridine rings is 1. The second kappa shape index (κ2) is 6.60. The number of aromatic nitrogens is 3. The van der Waals surface area contributed by atoms with Crippen LogP contribution in [-0.4, -0.2) is 38.7 Å². The summed E-state index contributed by atoms with van der Waals surface area (Å²) < 4.78 is 3.33. The molecule has 0 aliphatic carbocycles. The largest absolute Gasteiger partial charge is 0.340 e. The summed E-state index contributed by atoms with van der Waals surface area (Å²) in [5, 5.41) is 4.10. The van der Waals surface area contributed by atoms with Crippen LogP contribution in [-0.2, 0) is 20.0 Å². The van der Waals surface area contributed by atoms with Crippen molar-refractivity contribution in [2.75, 3.05) is 13.6 Å². The van der Waals surface area contributed by atoms with E-state index in [0.29, 0.717) is 13.1 Å². The van der Waals surface area contributed by atoms with E-state index in [1.165, 1.54) is 0 Å². The van der Waals surface area contributed by atoms with Crippen LogP contribution in [0.25, 0.3) is 0 Å². The summed E-state index contributed by atoms with van der Waals surface area (Å²) in [6.45, 7) is 5.03. The quantitative estimate of drug-likeness (QED) is 0.834. The fourth-order valence-electron chi connectivity index (χ4n) is 2.59. The summed E-state index contributed by atoms with van der Waals surface area (Å²) in [7, 11) is 3.42. The van der Waals surface area contributed by atoms with E-state index in [1.807, 2.05) is 26.1 Å². The Morgan fingerprint density at radius 3 is 2.73 bits per heavy atom. The van der Waals surface area contributed by atoms with Gasteiger partial charge in [-0.1, -0.05) is 6.92 Å². The molecular weight excluding hydrogens is 280 g/mol. The highest BCUT2D eigenvalue weighted by Crippen LogP contribution is 2.09. The fraction of sp³-hybridized carbons (Fsp3) is 0.438. The third kappa shape index (κ3) is 3.10. The van der Waals surface area contributed by atoms with Crippen molar-refractivity contribution in [2.45, 2.75) is 26.8 Å². The summed E-state index contributed by atoms with van der Waals surface area (Å²) in [5.41, 5.74) is 1.91. The van der Waals surface area contributed by atoms with Crippen molar-refractivity contribution in [2.24, 2.45) is 7.05 Å². The number of likely N-dealkylation sites (N-methyl/N-ethyl adjacent to an activating group) is 1. The molecule has 118 valence electrons. The standard InChI is InChI=1S/C16H22N4O2/c1-5-14-12(2)11-13(16(22)19(14)4)15(21)18(3)9-10-20-8-6-7-17-20/h6-8,11H,5,9-10H2,1-4H3. The van der Waals surface area contributed by atoms with Gasteiger partial charge >= 0.3 is 0 Å². The monoisotopic (exact) mass is 302 g/mol. The van der Waals surface area contributed by atoms with Crippen LogP contribution in [0.4, 0.5) is 0 Å². The highest BCUT2D eigenvalue weighted by atomic mass is 16.2. The van der Waals surface area contributed by atoms with E-state index < -0.39 is 0 Å². The second-order valence-corrected chi connectivity index (χ2v) is 5.40. The Bertz CT molecular complexity index is 716. The molecule has 2 aromatic rings. The minimum absolute atomic E-state index is 0.222. The van der Waals surface area contributed by atoms with E-state index in [0.717, 1.165) is 17.7 Å². The van der Waals surface area contributed by atoms with Crippen molar-refractivity contribution < 1.29 is 4.79 Å². The third-order valence-electron chi connectivity index (χ3n) is 3.89. The SMILES string of the molecule is CCc1c(C)cc(C(=O)N(C)CCn2cccn2)c(=O)n1C. The van der Waals surface area contributed by atoms with Crippen LogP contribution in [0.1, 0.15) is 28.5 Å². The molecule has 0 aliphatic rings. The van der Waals surface area contributed by atoms with Crippen LogP contribution in [0.2, 0.25) is 0 Å². The topological polar surface area (TPSA) is 60.1 Å². The smallest absolute Gasteiger partial charge is 0.263 e. The van der Waals surface area contributed by atoms with E-state index in [1.54, 1.807) is 40.5 Å². The number of carbonyl (C=O) groups excluding carboxylic acids is 1. The molecule has 0 unspecified atom stereocenters. The first-order chi connectivity index (χ1) is 10.5. The van der Waals surface area contributed by atoms with Crippen LogP contribution in [0.5, 0.6) is 0 Å². The van der Waals surface area contributed by atoms with E-state index in [4.69, 9.17) is 0 Å². The molecule has 0 radical (unpaired) electrons. The molecule has 0 bridgehead atoms. The van der Waals surface area contributed by atoms with E-state index in [-0.39, 0.29) is 17.0 Å². The summed E-state index contributed by atoms with van der Waals surface area (Å²) in [4.78, 5) is 26.4. The molecule has 22 heavy (non-hydrogen) atoms. The van der Waals surface area contributed by atoms with E-state index in [2.05, 4.69) is 5.10 Å². The van der Waals surface area contributed by atoms with Gasteiger partial charge in [-0.05, 0) is 31.0 Å². The summed E-state index contributed by atoms with van der Waals surface area (Å²) in [5.74, 6) is -0.251. The Labute approximate surface area is 130 Å². The maximum Gasteiger partial charge on any atom is 0.263 e. The van der Waals surface area contributed by atoms with Crippen molar-refractivity contribution in [3.8, 4) is 0 Å². The van der Waals surface area contributed by atoms with Gasteiger partial charge < -0.3 is 9.47 Å². The predicted molar refractivity (Wildman–Crippen MR) is 85.0 cm³/mol. The number of nitrogens with zero attached hydrogens (tertiary/aromatic N) is 4. The normalized spacial score (nSPS) is 10.7. The number of carbonyl (C=O) groups is 1. The van der Waals surface area contributed by atoms with Crippen LogP contribution >= 0.6 is 0 Å². The van der Waals surface area contributed by atoms with Gasteiger partial charge in [0.15, 0.2) is 0 Å². The molecule has 0 atom stereocenters. The Morgan fingerprint density at radius 2 is 2.14 bits per heavy atom. The Morgan fingerprint density at radius 1 is 1.41 bits per heavy atom. The van der Waals surface area contributed by atoms with Gasteiger partial charge in [0, 0.05) is 38.7 Å². The number of rotatable bonds is 5. The summed E-state index contributed by atoms with van der Waals surface area (Å²) in [6, 6.07) is 3.54. The fourth-order valence-corrected chi connectivity index (χ4v) is 2.59. The molecule has 0 saturated heterocycles. The summed E-state index contributed by atoms with van der Waals surface area (Å²) in [6.07, 6.45) is 4.31. The average molecular weight is 302 g/mol. The van der Waals surface area contributed by atoms with Gasteiger partial charge in [-0.25, -0.2) is 0 Å². The molecule has 2 rings (SSSR count). The van der Waals surface area contributed by atoms with E-state index in [9.17, 15) is 9.59 Å². The molecule has 2 heterocycles. The molecule has 1 amide bonds. The first-order valence-corrected chi connectivity index (χ1v) is 7.38. The van der Waals surface area contributed by atoms with Gasteiger partial charge in [-0.15, -0.1) is 0 Å². The minimum atomic E-state index is -0.251. The van der Waals surface area contributed by atoms with E-state index >= 15 is 0 Å². The molecule has 6 nitrogen and oxygen atoms in total. The van der Waals surface area contributed by atoms with Crippen molar-refractivity contribution in [3.63, 3.8) is 0 Å². The molecular formula is C16H22N4O2. The zero-order valence-electron chi connectivity index (χ0n) is 13.5. The van der Waals surface area contributed by atoms with Crippen LogP contribution in [0, 0.1) is 6.92 Å². The Balaban J connectivity index is 2.20. The summed E-state index contributed by atoms with van der Waals surface area (Å²) >= 11 is 0.